The third-order valence-corrected chi connectivity index (χ3v) is 7.03. The van der Waals surface area contributed by atoms with Gasteiger partial charge in [0.1, 0.15) is 5.78 Å². The predicted molar refractivity (Wildman–Crippen MR) is 77.1 cm³/mol. The van der Waals surface area contributed by atoms with Crippen LogP contribution in [0.15, 0.2) is 11.6 Å². The third kappa shape index (κ3) is 1.63. The largest absolute Gasteiger partial charge is 0.299 e. The number of Topliss-reactive ketones (excluding diaryl/α,β-unsaturated/α-hetero) is 1. The zero-order valence-corrected chi connectivity index (χ0v) is 12.4. The quantitative estimate of drug-likeness (QED) is 0.674. The second-order valence-electron chi connectivity index (χ2n) is 7.72. The van der Waals surface area contributed by atoms with Gasteiger partial charge in [-0.15, -0.1) is 0 Å². The highest BCUT2D eigenvalue weighted by atomic mass is 16.1. The third-order valence-electron chi connectivity index (χ3n) is 7.03. The van der Waals surface area contributed by atoms with E-state index in [4.69, 9.17) is 0 Å². The van der Waals surface area contributed by atoms with E-state index in [1.807, 2.05) is 6.08 Å². The van der Waals surface area contributed by atoms with E-state index in [0.717, 1.165) is 50.4 Å². The molecular formula is C18H24O2. The van der Waals surface area contributed by atoms with E-state index >= 15 is 0 Å². The van der Waals surface area contributed by atoms with E-state index in [-0.39, 0.29) is 5.41 Å². The smallest absolute Gasteiger partial charge is 0.155 e. The normalized spacial score (nSPS) is 47.4. The Labute approximate surface area is 121 Å². The van der Waals surface area contributed by atoms with Crippen LogP contribution in [0.3, 0.4) is 0 Å². The molecule has 3 fully saturated rings. The average molecular weight is 272 g/mol. The lowest BCUT2D eigenvalue weighted by atomic mass is 9.50. The topological polar surface area (TPSA) is 34.1 Å². The number of allylic oxidation sites excluding steroid dienone is 1. The first-order valence-corrected chi connectivity index (χ1v) is 8.36. The van der Waals surface area contributed by atoms with E-state index in [1.54, 1.807) is 0 Å². The van der Waals surface area contributed by atoms with Gasteiger partial charge in [0, 0.05) is 18.8 Å². The molecule has 0 spiro atoms. The SMILES string of the molecule is C[C@]12CCC(=O)C=C1CC[C@H]1[C@@H]3CCC(=O)[C@@H]3CC[C@@H]12. The zero-order chi connectivity index (χ0) is 13.9. The fraction of sp³-hybridized carbons (Fsp3) is 0.778. The van der Waals surface area contributed by atoms with E-state index in [0.29, 0.717) is 23.4 Å². The zero-order valence-electron chi connectivity index (χ0n) is 12.4. The van der Waals surface area contributed by atoms with Crippen molar-refractivity contribution in [2.75, 3.05) is 0 Å². The summed E-state index contributed by atoms with van der Waals surface area (Å²) in [4.78, 5) is 23.8. The highest BCUT2D eigenvalue weighted by Crippen LogP contribution is 2.61. The van der Waals surface area contributed by atoms with Gasteiger partial charge >= 0.3 is 0 Å². The van der Waals surface area contributed by atoms with Crippen LogP contribution < -0.4 is 0 Å². The van der Waals surface area contributed by atoms with Crippen molar-refractivity contribution < 1.29 is 9.59 Å². The Morgan fingerprint density at radius 2 is 1.80 bits per heavy atom. The van der Waals surface area contributed by atoms with Crippen LogP contribution in [-0.4, -0.2) is 11.6 Å². The molecular weight excluding hydrogens is 248 g/mol. The molecule has 0 amide bonds. The molecule has 2 heteroatoms. The fourth-order valence-corrected chi connectivity index (χ4v) is 5.98. The Bertz CT molecular complexity index is 504. The Morgan fingerprint density at radius 1 is 1.00 bits per heavy atom. The summed E-state index contributed by atoms with van der Waals surface area (Å²) in [5, 5.41) is 0. The molecule has 0 heterocycles. The predicted octanol–water partition coefficient (Wildman–Crippen LogP) is 3.70. The average Bonchev–Trinajstić information content (AvgIpc) is 2.82. The second kappa shape index (κ2) is 4.29. The molecule has 2 nitrogen and oxygen atoms in total. The van der Waals surface area contributed by atoms with Crippen LogP contribution in [0.25, 0.3) is 0 Å². The lowest BCUT2D eigenvalue weighted by molar-refractivity contribution is -0.124. The Morgan fingerprint density at radius 3 is 2.65 bits per heavy atom. The molecule has 4 rings (SSSR count). The molecule has 4 aliphatic carbocycles. The summed E-state index contributed by atoms with van der Waals surface area (Å²) in [6.45, 7) is 2.40. The Kier molecular flexibility index (Phi) is 2.74. The van der Waals surface area contributed by atoms with Gasteiger partial charge in [0.25, 0.3) is 0 Å². The van der Waals surface area contributed by atoms with Gasteiger partial charge in [-0.2, -0.15) is 0 Å². The van der Waals surface area contributed by atoms with Crippen LogP contribution in [-0.2, 0) is 9.59 Å². The van der Waals surface area contributed by atoms with E-state index < -0.39 is 0 Å². The van der Waals surface area contributed by atoms with Crippen molar-refractivity contribution in [3.05, 3.63) is 11.6 Å². The minimum Gasteiger partial charge on any atom is -0.299 e. The van der Waals surface area contributed by atoms with Crippen molar-refractivity contribution in [1.29, 1.82) is 0 Å². The minimum atomic E-state index is 0.257. The minimum absolute atomic E-state index is 0.257. The molecule has 108 valence electrons. The van der Waals surface area contributed by atoms with Crippen molar-refractivity contribution in [3.8, 4) is 0 Å². The van der Waals surface area contributed by atoms with Crippen molar-refractivity contribution in [2.24, 2.45) is 29.1 Å². The molecule has 0 aromatic rings. The standard InChI is InChI=1S/C18H24O2/c1-18-9-8-12(19)10-11(18)2-3-14-13-5-7-17(20)15(13)4-6-16(14)18/h10,13-16H,2-9H2,1H3/t13-,14-,15+,16-,18-/m0/s1. The van der Waals surface area contributed by atoms with Gasteiger partial charge in [-0.3, -0.25) is 9.59 Å². The van der Waals surface area contributed by atoms with Gasteiger partial charge in [-0.1, -0.05) is 12.5 Å². The number of rotatable bonds is 0. The number of carbonyl (C=O) groups excluding carboxylic acids is 2. The molecule has 0 aromatic carbocycles. The summed E-state index contributed by atoms with van der Waals surface area (Å²) in [5.74, 6) is 3.39. The van der Waals surface area contributed by atoms with Gasteiger partial charge in [-0.25, -0.2) is 0 Å². The summed E-state index contributed by atoms with van der Waals surface area (Å²) in [6, 6.07) is 0. The molecule has 0 aliphatic heterocycles. The van der Waals surface area contributed by atoms with Crippen molar-refractivity contribution in [2.45, 2.75) is 58.3 Å². The highest BCUT2D eigenvalue weighted by Gasteiger charge is 2.54. The first-order chi connectivity index (χ1) is 9.59. The van der Waals surface area contributed by atoms with Gasteiger partial charge in [0.05, 0.1) is 0 Å². The van der Waals surface area contributed by atoms with E-state index in [1.165, 1.54) is 18.4 Å². The molecule has 4 aliphatic rings. The van der Waals surface area contributed by atoms with Crippen molar-refractivity contribution >= 4 is 11.6 Å². The molecule has 0 saturated heterocycles. The first-order valence-electron chi connectivity index (χ1n) is 8.36. The molecule has 0 aromatic heterocycles. The molecule has 20 heavy (non-hydrogen) atoms. The summed E-state index contributed by atoms with van der Waals surface area (Å²) in [7, 11) is 0. The Hall–Kier alpha value is -0.920. The molecule has 3 saturated carbocycles. The van der Waals surface area contributed by atoms with Crippen LogP contribution in [0.5, 0.6) is 0 Å². The lowest BCUT2D eigenvalue weighted by Gasteiger charge is -2.54. The summed E-state index contributed by atoms with van der Waals surface area (Å²) < 4.78 is 0. The van der Waals surface area contributed by atoms with Crippen molar-refractivity contribution in [1.82, 2.24) is 0 Å². The monoisotopic (exact) mass is 272 g/mol. The molecule has 0 N–H and O–H groups in total. The van der Waals surface area contributed by atoms with E-state index in [2.05, 4.69) is 6.92 Å². The maximum absolute atomic E-state index is 12.0. The van der Waals surface area contributed by atoms with Gasteiger partial charge in [0.15, 0.2) is 5.78 Å². The molecule has 5 atom stereocenters. The molecule has 0 bridgehead atoms. The van der Waals surface area contributed by atoms with Crippen LogP contribution in [0.1, 0.15) is 58.3 Å². The van der Waals surface area contributed by atoms with Crippen LogP contribution in [0, 0.1) is 29.1 Å². The van der Waals surface area contributed by atoms with Gasteiger partial charge < -0.3 is 0 Å². The lowest BCUT2D eigenvalue weighted by Crippen LogP contribution is -2.47. The van der Waals surface area contributed by atoms with Crippen LogP contribution in [0.4, 0.5) is 0 Å². The number of fused-ring (bicyclic) bond motifs is 5. The molecule has 0 radical (unpaired) electrons. The number of hydrogen-bond donors (Lipinski definition) is 0. The number of hydrogen-bond acceptors (Lipinski definition) is 2. The summed E-state index contributed by atoms with van der Waals surface area (Å²) in [5.41, 5.74) is 1.69. The Balaban J connectivity index is 1.68. The maximum Gasteiger partial charge on any atom is 0.155 e. The highest BCUT2D eigenvalue weighted by molar-refractivity contribution is 5.91. The molecule has 0 unspecified atom stereocenters. The van der Waals surface area contributed by atoms with Gasteiger partial charge in [-0.05, 0) is 67.8 Å². The summed E-state index contributed by atoms with van der Waals surface area (Å²) >= 11 is 0. The first kappa shape index (κ1) is 12.8. The fourth-order valence-electron chi connectivity index (χ4n) is 5.98. The van der Waals surface area contributed by atoms with E-state index in [9.17, 15) is 9.59 Å². The maximum atomic E-state index is 12.0. The van der Waals surface area contributed by atoms with Gasteiger partial charge in [0.2, 0.25) is 0 Å². The van der Waals surface area contributed by atoms with Crippen LogP contribution in [0.2, 0.25) is 0 Å². The summed E-state index contributed by atoms with van der Waals surface area (Å²) in [6.07, 6.45) is 10.3. The van der Waals surface area contributed by atoms with Crippen molar-refractivity contribution in [3.63, 3.8) is 0 Å². The number of ketones is 2. The van der Waals surface area contributed by atoms with Crippen LogP contribution >= 0.6 is 0 Å². The second-order valence-corrected chi connectivity index (χ2v) is 7.72. The number of carbonyl (C=O) groups is 2.